The highest BCUT2D eigenvalue weighted by Crippen LogP contribution is 2.40. The molecule has 0 aromatic heterocycles. The molecule has 1 aliphatic carbocycles. The highest BCUT2D eigenvalue weighted by Gasteiger charge is 2.41. The Balaban J connectivity index is 1.49. The normalized spacial score (nSPS) is 23.3. The van der Waals surface area contributed by atoms with Gasteiger partial charge in [0, 0.05) is 62.9 Å². The smallest absolute Gasteiger partial charge is 0.305 e. The summed E-state index contributed by atoms with van der Waals surface area (Å²) in [5, 5.41) is 8.88. The number of Topliss-reactive ketones (excluding diaryl/α,β-unsaturated/α-hetero) is 1. The van der Waals surface area contributed by atoms with Crippen LogP contribution in [0.4, 0.5) is 4.39 Å². The summed E-state index contributed by atoms with van der Waals surface area (Å²) in [4.78, 5) is 54.2. The third-order valence-corrected chi connectivity index (χ3v) is 8.36. The number of hydrogen-bond donors (Lipinski definition) is 1. The van der Waals surface area contributed by atoms with Gasteiger partial charge in [0.05, 0.1) is 19.0 Å². The second kappa shape index (κ2) is 12.3. The van der Waals surface area contributed by atoms with Gasteiger partial charge in [0.2, 0.25) is 5.91 Å². The number of rotatable bonds is 10. The molecule has 2 heterocycles. The fourth-order valence-electron chi connectivity index (χ4n) is 5.08. The van der Waals surface area contributed by atoms with Gasteiger partial charge in [-0.1, -0.05) is 36.0 Å². The molecule has 3 fully saturated rings. The number of thioether (sulfide) groups is 1. The summed E-state index contributed by atoms with van der Waals surface area (Å²) in [5.74, 6) is -1.37. The number of piperazine rings is 1. The third kappa shape index (κ3) is 7.27. The minimum absolute atomic E-state index is 0.0197. The minimum atomic E-state index is -0.926. The van der Waals surface area contributed by atoms with Crippen LogP contribution in [0.1, 0.15) is 44.2 Å². The maximum Gasteiger partial charge on any atom is 0.305 e. The van der Waals surface area contributed by atoms with Crippen molar-refractivity contribution in [3.05, 3.63) is 47.3 Å². The zero-order chi connectivity index (χ0) is 26.5. The highest BCUT2D eigenvalue weighted by atomic mass is 32.2. The Bertz CT molecular complexity index is 1080. The number of carboxylic acids is 1. The molecular weight excluding hydrogens is 497 g/mol. The topological polar surface area (TPSA) is 98.2 Å². The van der Waals surface area contributed by atoms with Crippen LogP contribution in [-0.2, 0) is 19.2 Å². The maximum atomic E-state index is 14.8. The molecule has 1 aromatic carbocycles. The number of ketones is 1. The summed E-state index contributed by atoms with van der Waals surface area (Å²) in [6, 6.07) is 5.81. The first kappa shape index (κ1) is 27.5. The van der Waals surface area contributed by atoms with Crippen LogP contribution in [0.2, 0.25) is 0 Å². The standard InChI is InChI=1S/C27H34FN3O5S/c1-18(32)37-23-9-12-31(26(27(36)19-6-7-19)21-4-2-3-5-22(21)28)16-20(23)8-11-29-14-15-30(24(33)17-29)13-10-25(34)35/h2-5,8,19,23,26H,6-7,9-17H2,1H3,(H,34,35)/b20-8+. The fourth-order valence-corrected chi connectivity index (χ4v) is 6.03. The van der Waals surface area contributed by atoms with E-state index in [1.165, 1.54) is 17.8 Å². The van der Waals surface area contributed by atoms with Gasteiger partial charge in [-0.05, 0) is 30.9 Å². The summed E-state index contributed by atoms with van der Waals surface area (Å²) >= 11 is 1.28. The maximum absolute atomic E-state index is 14.8. The lowest BCUT2D eigenvalue weighted by Gasteiger charge is -2.39. The number of hydrogen-bond acceptors (Lipinski definition) is 7. The van der Waals surface area contributed by atoms with Crippen LogP contribution in [0.3, 0.4) is 0 Å². The van der Waals surface area contributed by atoms with Gasteiger partial charge in [-0.3, -0.25) is 29.0 Å². The van der Waals surface area contributed by atoms with E-state index >= 15 is 0 Å². The Labute approximate surface area is 220 Å². The van der Waals surface area contributed by atoms with Gasteiger partial charge in [0.1, 0.15) is 5.82 Å². The van der Waals surface area contributed by atoms with E-state index in [4.69, 9.17) is 5.11 Å². The van der Waals surface area contributed by atoms with E-state index in [0.717, 1.165) is 18.4 Å². The monoisotopic (exact) mass is 531 g/mol. The van der Waals surface area contributed by atoms with Gasteiger partial charge in [-0.25, -0.2) is 4.39 Å². The largest absolute Gasteiger partial charge is 0.481 e. The number of carboxylic acid groups (broad SMARTS) is 1. The Morgan fingerprint density at radius 1 is 1.14 bits per heavy atom. The van der Waals surface area contributed by atoms with Crippen molar-refractivity contribution in [3.8, 4) is 0 Å². The lowest BCUT2D eigenvalue weighted by Crippen LogP contribution is -2.50. The molecule has 37 heavy (non-hydrogen) atoms. The number of amides is 1. The van der Waals surface area contributed by atoms with Crippen molar-refractivity contribution in [3.63, 3.8) is 0 Å². The van der Waals surface area contributed by atoms with Crippen LogP contribution in [0.15, 0.2) is 35.9 Å². The van der Waals surface area contributed by atoms with Crippen molar-refractivity contribution in [1.29, 1.82) is 0 Å². The summed E-state index contributed by atoms with van der Waals surface area (Å²) in [6.07, 6.45) is 4.33. The molecule has 1 saturated carbocycles. The average molecular weight is 532 g/mol. The molecule has 0 spiro atoms. The van der Waals surface area contributed by atoms with E-state index in [9.17, 15) is 23.6 Å². The Hall–Kier alpha value is -2.56. The predicted octanol–water partition coefficient (Wildman–Crippen LogP) is 2.75. The molecule has 8 nitrogen and oxygen atoms in total. The molecule has 3 aliphatic rings. The van der Waals surface area contributed by atoms with Crippen molar-refractivity contribution in [1.82, 2.24) is 14.7 Å². The molecule has 1 amide bonds. The zero-order valence-electron chi connectivity index (χ0n) is 21.1. The van der Waals surface area contributed by atoms with Gasteiger partial charge in [0.15, 0.2) is 10.9 Å². The number of aliphatic carboxylic acids is 1. The summed E-state index contributed by atoms with van der Waals surface area (Å²) in [5.41, 5.74) is 1.41. The van der Waals surface area contributed by atoms with E-state index in [1.54, 1.807) is 30.0 Å². The van der Waals surface area contributed by atoms with Crippen molar-refractivity contribution < 1.29 is 28.7 Å². The van der Waals surface area contributed by atoms with E-state index in [1.807, 2.05) is 15.9 Å². The van der Waals surface area contributed by atoms with E-state index in [2.05, 4.69) is 0 Å². The number of likely N-dealkylation sites (tertiary alicyclic amines) is 1. The molecule has 2 aliphatic heterocycles. The molecule has 0 radical (unpaired) electrons. The molecule has 4 rings (SSSR count). The van der Waals surface area contributed by atoms with Gasteiger partial charge >= 0.3 is 5.97 Å². The zero-order valence-corrected chi connectivity index (χ0v) is 21.9. The molecule has 2 saturated heterocycles. The predicted molar refractivity (Wildman–Crippen MR) is 138 cm³/mol. The summed E-state index contributed by atoms with van der Waals surface area (Å²) in [6.45, 7) is 4.60. The van der Waals surface area contributed by atoms with E-state index in [0.29, 0.717) is 44.7 Å². The van der Waals surface area contributed by atoms with Crippen molar-refractivity contribution in [2.45, 2.75) is 43.9 Å². The van der Waals surface area contributed by atoms with Crippen LogP contribution in [0.5, 0.6) is 0 Å². The Kier molecular flexibility index (Phi) is 9.15. The lowest BCUT2D eigenvalue weighted by molar-refractivity contribution is -0.140. The number of nitrogens with zero attached hydrogens (tertiary/aromatic N) is 3. The first-order valence-electron chi connectivity index (χ1n) is 12.8. The second-order valence-electron chi connectivity index (χ2n) is 10.00. The van der Waals surface area contributed by atoms with E-state index in [-0.39, 0.29) is 53.3 Å². The fraction of sp³-hybridized carbons (Fsp3) is 0.556. The third-order valence-electron chi connectivity index (χ3n) is 7.21. The van der Waals surface area contributed by atoms with Crippen molar-refractivity contribution in [2.24, 2.45) is 5.92 Å². The van der Waals surface area contributed by atoms with E-state index < -0.39 is 12.0 Å². The van der Waals surface area contributed by atoms with Crippen molar-refractivity contribution in [2.75, 3.05) is 45.8 Å². The number of carbonyl (C=O) groups excluding carboxylic acids is 3. The molecule has 10 heteroatoms. The first-order chi connectivity index (χ1) is 17.7. The highest BCUT2D eigenvalue weighted by molar-refractivity contribution is 8.14. The van der Waals surface area contributed by atoms with Crippen LogP contribution in [0, 0.1) is 11.7 Å². The van der Waals surface area contributed by atoms with Crippen LogP contribution < -0.4 is 0 Å². The van der Waals surface area contributed by atoms with Crippen LogP contribution in [0.25, 0.3) is 0 Å². The molecule has 0 bridgehead atoms. The lowest BCUT2D eigenvalue weighted by atomic mass is 9.93. The molecule has 200 valence electrons. The Morgan fingerprint density at radius 3 is 2.54 bits per heavy atom. The van der Waals surface area contributed by atoms with Gasteiger partial charge in [-0.2, -0.15) is 0 Å². The Morgan fingerprint density at radius 2 is 1.89 bits per heavy atom. The summed E-state index contributed by atoms with van der Waals surface area (Å²) in [7, 11) is 0. The van der Waals surface area contributed by atoms with Gasteiger partial charge in [-0.15, -0.1) is 0 Å². The van der Waals surface area contributed by atoms with Crippen LogP contribution >= 0.6 is 11.8 Å². The number of benzene rings is 1. The summed E-state index contributed by atoms with van der Waals surface area (Å²) < 4.78 is 14.8. The molecule has 1 N–H and O–H groups in total. The number of carbonyl (C=O) groups is 4. The van der Waals surface area contributed by atoms with Gasteiger partial charge < -0.3 is 10.0 Å². The molecule has 1 aromatic rings. The van der Waals surface area contributed by atoms with Gasteiger partial charge in [0.25, 0.3) is 0 Å². The molecule has 2 atom stereocenters. The minimum Gasteiger partial charge on any atom is -0.481 e. The molecule has 2 unspecified atom stereocenters. The quantitative estimate of drug-likeness (QED) is 0.461. The van der Waals surface area contributed by atoms with Crippen molar-refractivity contribution >= 4 is 34.5 Å². The van der Waals surface area contributed by atoms with Crippen LogP contribution in [-0.4, -0.2) is 93.6 Å². The number of piperidine rings is 1. The second-order valence-corrected chi connectivity index (χ2v) is 11.4. The average Bonchev–Trinajstić information content (AvgIpc) is 3.70. The SMILES string of the molecule is CC(=O)SC1CCN(C(C(=O)C2CC2)c2ccccc2F)C/C1=C\CN1CCN(CCC(=O)O)C(=O)C1. The first-order valence-corrected chi connectivity index (χ1v) is 13.7. The number of halogens is 1. The molecular formula is C27H34FN3O5S.